The lowest BCUT2D eigenvalue weighted by Crippen LogP contribution is -2.41. The van der Waals surface area contributed by atoms with Crippen LogP contribution in [0.1, 0.15) is 53.4 Å². The van der Waals surface area contributed by atoms with Crippen molar-refractivity contribution in [3.8, 4) is 0 Å². The quantitative estimate of drug-likeness (QED) is 0.867. The summed E-state index contributed by atoms with van der Waals surface area (Å²) in [5, 5.41) is 3.68. The molecular formula is C17H32N2O3. The summed E-state index contributed by atoms with van der Waals surface area (Å²) in [6.45, 7) is 10.5. The molecule has 5 nitrogen and oxygen atoms in total. The van der Waals surface area contributed by atoms with Crippen molar-refractivity contribution in [2.24, 2.45) is 5.41 Å². The summed E-state index contributed by atoms with van der Waals surface area (Å²) in [5.74, 6) is 0. The van der Waals surface area contributed by atoms with Gasteiger partial charge in [0.2, 0.25) is 0 Å². The SMILES string of the molecule is CO[C@@H]1CC[C@@H](NC[C@]2(C)CCN(C(=O)OC(C)(C)C)C2)C1. The molecule has 0 bridgehead atoms. The summed E-state index contributed by atoms with van der Waals surface area (Å²) < 4.78 is 10.9. The highest BCUT2D eigenvalue weighted by molar-refractivity contribution is 5.68. The van der Waals surface area contributed by atoms with Crippen molar-refractivity contribution in [2.75, 3.05) is 26.7 Å². The second kappa shape index (κ2) is 6.75. The number of carbonyl (C=O) groups is 1. The Kier molecular flexibility index (Phi) is 5.38. The van der Waals surface area contributed by atoms with E-state index < -0.39 is 5.60 Å². The maximum absolute atomic E-state index is 12.2. The zero-order chi connectivity index (χ0) is 16.4. The Morgan fingerprint density at radius 3 is 2.68 bits per heavy atom. The van der Waals surface area contributed by atoms with Gasteiger partial charge in [0, 0.05) is 32.8 Å². The number of nitrogens with zero attached hydrogens (tertiary/aromatic N) is 1. The smallest absolute Gasteiger partial charge is 0.410 e. The second-order valence-corrected chi connectivity index (χ2v) is 8.21. The van der Waals surface area contributed by atoms with Crippen LogP contribution >= 0.6 is 0 Å². The van der Waals surface area contributed by atoms with E-state index in [4.69, 9.17) is 9.47 Å². The number of likely N-dealkylation sites (tertiary alicyclic amines) is 1. The summed E-state index contributed by atoms with van der Waals surface area (Å²) in [6.07, 6.45) is 4.69. The van der Waals surface area contributed by atoms with Gasteiger partial charge in [-0.2, -0.15) is 0 Å². The fourth-order valence-electron chi connectivity index (χ4n) is 3.38. The number of ether oxygens (including phenoxy) is 2. The van der Waals surface area contributed by atoms with E-state index in [-0.39, 0.29) is 11.5 Å². The molecule has 3 atom stereocenters. The molecule has 2 aliphatic rings. The molecule has 0 unspecified atom stereocenters. The normalized spacial score (nSPS) is 32.5. The first-order valence-electron chi connectivity index (χ1n) is 8.45. The maximum atomic E-state index is 12.2. The first-order chi connectivity index (χ1) is 10.2. The molecule has 0 spiro atoms. The van der Waals surface area contributed by atoms with Crippen molar-refractivity contribution < 1.29 is 14.3 Å². The Morgan fingerprint density at radius 1 is 1.36 bits per heavy atom. The second-order valence-electron chi connectivity index (χ2n) is 8.21. The van der Waals surface area contributed by atoms with Gasteiger partial charge in [-0.15, -0.1) is 0 Å². The van der Waals surface area contributed by atoms with Gasteiger partial charge in [0.15, 0.2) is 0 Å². The van der Waals surface area contributed by atoms with Crippen molar-refractivity contribution in [1.29, 1.82) is 0 Å². The molecule has 2 fully saturated rings. The molecule has 1 N–H and O–H groups in total. The standard InChI is InChI=1S/C17H32N2O3/c1-16(2,3)22-15(20)19-9-8-17(4,12-19)11-18-13-6-7-14(10-13)21-5/h13-14,18H,6-12H2,1-5H3/t13-,14-,17+/m1/s1. The Hall–Kier alpha value is -0.810. The number of hydrogen-bond acceptors (Lipinski definition) is 4. The lowest BCUT2D eigenvalue weighted by Gasteiger charge is -2.28. The van der Waals surface area contributed by atoms with Crippen molar-refractivity contribution in [3.05, 3.63) is 0 Å². The number of carbonyl (C=O) groups excluding carboxylic acids is 1. The van der Waals surface area contributed by atoms with Crippen molar-refractivity contribution >= 4 is 6.09 Å². The lowest BCUT2D eigenvalue weighted by atomic mass is 9.89. The van der Waals surface area contributed by atoms with E-state index in [9.17, 15) is 4.79 Å². The first-order valence-corrected chi connectivity index (χ1v) is 8.45. The van der Waals surface area contributed by atoms with E-state index in [1.54, 1.807) is 7.11 Å². The fraction of sp³-hybridized carbons (Fsp3) is 0.941. The summed E-state index contributed by atoms with van der Waals surface area (Å²) in [6, 6.07) is 0.553. The average Bonchev–Trinajstić information content (AvgIpc) is 3.01. The minimum Gasteiger partial charge on any atom is -0.444 e. The van der Waals surface area contributed by atoms with E-state index in [2.05, 4.69) is 12.2 Å². The molecule has 1 amide bonds. The van der Waals surface area contributed by atoms with Crippen LogP contribution in [-0.2, 0) is 9.47 Å². The van der Waals surface area contributed by atoms with E-state index in [1.165, 1.54) is 6.42 Å². The van der Waals surface area contributed by atoms with Gasteiger partial charge in [0.1, 0.15) is 5.60 Å². The van der Waals surface area contributed by atoms with Crippen molar-refractivity contribution in [3.63, 3.8) is 0 Å². The first kappa shape index (κ1) is 17.5. The molecular weight excluding hydrogens is 280 g/mol. The Bertz CT molecular complexity index is 394. The predicted molar refractivity (Wildman–Crippen MR) is 87.0 cm³/mol. The molecule has 1 saturated carbocycles. The highest BCUT2D eigenvalue weighted by Crippen LogP contribution is 2.31. The lowest BCUT2D eigenvalue weighted by molar-refractivity contribution is 0.0275. The number of hydrogen-bond donors (Lipinski definition) is 1. The van der Waals surface area contributed by atoms with E-state index in [1.807, 2.05) is 25.7 Å². The molecule has 22 heavy (non-hydrogen) atoms. The zero-order valence-electron chi connectivity index (χ0n) is 14.8. The maximum Gasteiger partial charge on any atom is 0.410 e. The van der Waals surface area contributed by atoms with Gasteiger partial charge in [-0.1, -0.05) is 6.92 Å². The third-order valence-corrected chi connectivity index (χ3v) is 4.74. The van der Waals surface area contributed by atoms with Gasteiger partial charge in [0.05, 0.1) is 6.10 Å². The molecule has 0 radical (unpaired) electrons. The van der Waals surface area contributed by atoms with Crippen LogP contribution in [0.5, 0.6) is 0 Å². The largest absolute Gasteiger partial charge is 0.444 e. The van der Waals surface area contributed by atoms with E-state index >= 15 is 0 Å². The van der Waals surface area contributed by atoms with Gasteiger partial charge in [-0.05, 0) is 51.9 Å². The van der Waals surface area contributed by atoms with Crippen LogP contribution in [0.3, 0.4) is 0 Å². The van der Waals surface area contributed by atoms with Crippen LogP contribution in [0.4, 0.5) is 4.79 Å². The molecule has 1 aliphatic carbocycles. The average molecular weight is 312 g/mol. The fourth-order valence-corrected chi connectivity index (χ4v) is 3.38. The van der Waals surface area contributed by atoms with Gasteiger partial charge < -0.3 is 19.7 Å². The highest BCUT2D eigenvalue weighted by atomic mass is 16.6. The number of amides is 1. The van der Waals surface area contributed by atoms with Crippen LogP contribution in [0.2, 0.25) is 0 Å². The van der Waals surface area contributed by atoms with Gasteiger partial charge >= 0.3 is 6.09 Å². The van der Waals surface area contributed by atoms with Crippen LogP contribution in [0, 0.1) is 5.41 Å². The van der Waals surface area contributed by atoms with E-state index in [0.717, 1.165) is 38.9 Å². The van der Waals surface area contributed by atoms with Crippen molar-refractivity contribution in [1.82, 2.24) is 10.2 Å². The van der Waals surface area contributed by atoms with Gasteiger partial charge in [0.25, 0.3) is 0 Å². The summed E-state index contributed by atoms with van der Waals surface area (Å²) in [7, 11) is 1.80. The Balaban J connectivity index is 1.77. The monoisotopic (exact) mass is 312 g/mol. The number of methoxy groups -OCH3 is 1. The van der Waals surface area contributed by atoms with Gasteiger partial charge in [-0.3, -0.25) is 0 Å². The molecule has 1 aliphatic heterocycles. The minimum atomic E-state index is -0.423. The highest BCUT2D eigenvalue weighted by Gasteiger charge is 2.38. The number of nitrogens with one attached hydrogen (secondary N) is 1. The third-order valence-electron chi connectivity index (χ3n) is 4.74. The number of rotatable bonds is 4. The molecule has 5 heteroatoms. The molecule has 1 saturated heterocycles. The third kappa shape index (κ3) is 4.85. The summed E-state index contributed by atoms with van der Waals surface area (Å²) in [5.41, 5.74) is -0.282. The Morgan fingerprint density at radius 2 is 2.09 bits per heavy atom. The molecule has 0 aromatic heterocycles. The molecule has 1 heterocycles. The van der Waals surface area contributed by atoms with E-state index in [0.29, 0.717) is 12.1 Å². The van der Waals surface area contributed by atoms with Crippen molar-refractivity contribution in [2.45, 2.75) is 71.1 Å². The zero-order valence-corrected chi connectivity index (χ0v) is 14.8. The predicted octanol–water partition coefficient (Wildman–Crippen LogP) is 2.79. The minimum absolute atomic E-state index is 0.141. The molecule has 0 aromatic carbocycles. The Labute approximate surface area is 134 Å². The van der Waals surface area contributed by atoms with Gasteiger partial charge in [-0.25, -0.2) is 4.79 Å². The van der Waals surface area contributed by atoms with Crippen LogP contribution in [-0.4, -0.2) is 55.5 Å². The van der Waals surface area contributed by atoms with Crippen LogP contribution < -0.4 is 5.32 Å². The topological polar surface area (TPSA) is 50.8 Å². The molecule has 0 aromatic rings. The van der Waals surface area contributed by atoms with Crippen LogP contribution in [0.25, 0.3) is 0 Å². The summed E-state index contributed by atoms with van der Waals surface area (Å²) >= 11 is 0. The molecule has 128 valence electrons. The molecule has 2 rings (SSSR count). The van der Waals surface area contributed by atoms with Crippen LogP contribution in [0.15, 0.2) is 0 Å². The summed E-state index contributed by atoms with van der Waals surface area (Å²) in [4.78, 5) is 14.0.